The van der Waals surface area contributed by atoms with Crippen molar-refractivity contribution in [2.45, 2.75) is 31.6 Å². The lowest BCUT2D eigenvalue weighted by atomic mass is 9.91. The number of hydrogen-bond donors (Lipinski definition) is 2. The number of hydrogen-bond acceptors (Lipinski definition) is 4. The van der Waals surface area contributed by atoms with Crippen LogP contribution in [0.3, 0.4) is 0 Å². The standard InChI is InChI=1S/C28H26N4O/c1-18-7-9-24-21(11-12-29-28(24)31-18)13-19-8-10-26-22(14-19)15-23(17-33-26)27-30-16-25(32-27)20-5-3-2-4-6-20/h2-6,8,10-12,14,16,23H,1,7,9,13,15,17H2,(H,29,31)(H,30,32). The normalized spacial score (nSPS) is 17.0. The molecule has 6 rings (SSSR count). The second-order valence-electron chi connectivity index (χ2n) is 8.90. The second-order valence-corrected chi connectivity index (χ2v) is 8.90. The maximum Gasteiger partial charge on any atom is 0.133 e. The zero-order valence-electron chi connectivity index (χ0n) is 18.5. The van der Waals surface area contributed by atoms with Crippen LogP contribution < -0.4 is 10.1 Å². The molecule has 0 bridgehead atoms. The SMILES string of the molecule is C=C1CCc2c(Cc3ccc4c(c3)CC(c3ncc(-c5ccccc5)[nH]3)CO4)ccnc2N1. The van der Waals surface area contributed by atoms with Gasteiger partial charge in [-0.05, 0) is 65.6 Å². The van der Waals surface area contributed by atoms with E-state index in [1.165, 1.54) is 22.3 Å². The number of nitrogens with one attached hydrogen (secondary N) is 2. The van der Waals surface area contributed by atoms with Crippen LogP contribution in [0.5, 0.6) is 5.75 Å². The number of H-pyrrole nitrogens is 1. The number of fused-ring (bicyclic) bond motifs is 2. The predicted molar refractivity (Wildman–Crippen MR) is 131 cm³/mol. The first-order chi connectivity index (χ1) is 16.2. The summed E-state index contributed by atoms with van der Waals surface area (Å²) in [6.45, 7) is 4.69. The van der Waals surface area contributed by atoms with Crippen molar-refractivity contribution in [2.75, 3.05) is 11.9 Å². The summed E-state index contributed by atoms with van der Waals surface area (Å²) in [5, 5.41) is 3.34. The van der Waals surface area contributed by atoms with Gasteiger partial charge in [0, 0.05) is 11.9 Å². The first-order valence-electron chi connectivity index (χ1n) is 11.5. The molecule has 5 heteroatoms. The molecular formula is C28H26N4O. The maximum absolute atomic E-state index is 6.12. The van der Waals surface area contributed by atoms with E-state index in [-0.39, 0.29) is 5.92 Å². The molecule has 0 fully saturated rings. The number of aromatic nitrogens is 3. The highest BCUT2D eigenvalue weighted by Gasteiger charge is 2.24. The molecule has 0 amide bonds. The number of benzene rings is 2. The lowest BCUT2D eigenvalue weighted by molar-refractivity contribution is 0.258. The molecule has 2 N–H and O–H groups in total. The van der Waals surface area contributed by atoms with E-state index in [2.05, 4.69) is 63.2 Å². The largest absolute Gasteiger partial charge is 0.493 e. The number of anilines is 1. The van der Waals surface area contributed by atoms with E-state index < -0.39 is 0 Å². The third-order valence-electron chi connectivity index (χ3n) is 6.62. The van der Waals surface area contributed by atoms with Gasteiger partial charge >= 0.3 is 0 Å². The number of ether oxygens (including phenoxy) is 1. The molecule has 1 unspecified atom stereocenters. The first-order valence-corrected chi connectivity index (χ1v) is 11.5. The number of aromatic amines is 1. The number of nitrogens with zero attached hydrogens (tertiary/aromatic N) is 2. The van der Waals surface area contributed by atoms with Crippen molar-refractivity contribution in [1.29, 1.82) is 0 Å². The predicted octanol–water partition coefficient (Wildman–Crippen LogP) is 5.65. The lowest BCUT2D eigenvalue weighted by Gasteiger charge is -2.25. The Balaban J connectivity index is 1.23. The summed E-state index contributed by atoms with van der Waals surface area (Å²) in [4.78, 5) is 12.7. The van der Waals surface area contributed by atoms with E-state index in [1.807, 2.05) is 30.6 Å². The highest BCUT2D eigenvalue weighted by molar-refractivity contribution is 5.58. The fourth-order valence-electron chi connectivity index (χ4n) is 4.85. The Morgan fingerprint density at radius 2 is 1.94 bits per heavy atom. The minimum absolute atomic E-state index is 0.217. The van der Waals surface area contributed by atoms with Gasteiger partial charge in [0.2, 0.25) is 0 Å². The van der Waals surface area contributed by atoms with E-state index in [1.54, 1.807) is 0 Å². The summed E-state index contributed by atoms with van der Waals surface area (Å²) in [6, 6.07) is 19.0. The van der Waals surface area contributed by atoms with Gasteiger partial charge in [0.25, 0.3) is 0 Å². The third kappa shape index (κ3) is 3.91. The van der Waals surface area contributed by atoms with Gasteiger partial charge in [0.15, 0.2) is 0 Å². The Hall–Kier alpha value is -3.86. The topological polar surface area (TPSA) is 62.8 Å². The Morgan fingerprint density at radius 1 is 1.03 bits per heavy atom. The summed E-state index contributed by atoms with van der Waals surface area (Å²) >= 11 is 0. The molecule has 5 nitrogen and oxygen atoms in total. The van der Waals surface area contributed by atoms with Crippen molar-refractivity contribution in [1.82, 2.24) is 15.0 Å². The van der Waals surface area contributed by atoms with Crippen molar-refractivity contribution in [3.63, 3.8) is 0 Å². The fourth-order valence-corrected chi connectivity index (χ4v) is 4.85. The summed E-state index contributed by atoms with van der Waals surface area (Å²) in [5.41, 5.74) is 8.40. The number of imidazole rings is 1. The summed E-state index contributed by atoms with van der Waals surface area (Å²) < 4.78 is 6.12. The molecule has 0 radical (unpaired) electrons. The van der Waals surface area contributed by atoms with Crippen LogP contribution in [0.15, 0.2) is 79.3 Å². The molecule has 0 spiro atoms. The average Bonchev–Trinajstić information content (AvgIpc) is 3.35. The minimum atomic E-state index is 0.217. The Bertz CT molecular complexity index is 1320. The molecule has 0 saturated carbocycles. The molecule has 2 aromatic carbocycles. The molecule has 164 valence electrons. The molecule has 2 aliphatic rings. The van der Waals surface area contributed by atoms with Crippen molar-refractivity contribution in [3.8, 4) is 17.0 Å². The molecule has 33 heavy (non-hydrogen) atoms. The molecule has 0 aliphatic carbocycles. The highest BCUT2D eigenvalue weighted by Crippen LogP contribution is 2.34. The van der Waals surface area contributed by atoms with E-state index in [0.29, 0.717) is 6.61 Å². The number of rotatable bonds is 4. The van der Waals surface area contributed by atoms with E-state index in [4.69, 9.17) is 4.74 Å². The smallest absolute Gasteiger partial charge is 0.133 e. The summed E-state index contributed by atoms with van der Waals surface area (Å²) in [7, 11) is 0. The zero-order valence-corrected chi connectivity index (χ0v) is 18.5. The van der Waals surface area contributed by atoms with E-state index >= 15 is 0 Å². The number of allylic oxidation sites excluding steroid dienone is 1. The molecule has 4 heterocycles. The summed E-state index contributed by atoms with van der Waals surface area (Å²) in [5.74, 6) is 3.14. The quantitative estimate of drug-likeness (QED) is 0.435. The van der Waals surface area contributed by atoms with Crippen LogP contribution in [0.4, 0.5) is 5.82 Å². The van der Waals surface area contributed by atoms with E-state index in [9.17, 15) is 0 Å². The minimum Gasteiger partial charge on any atom is -0.493 e. The summed E-state index contributed by atoms with van der Waals surface area (Å²) in [6.07, 6.45) is 7.56. The fraction of sp³-hybridized carbons (Fsp3) is 0.214. The maximum atomic E-state index is 6.12. The third-order valence-corrected chi connectivity index (χ3v) is 6.62. The van der Waals surface area contributed by atoms with Crippen LogP contribution in [0, 0.1) is 0 Å². The van der Waals surface area contributed by atoms with Gasteiger partial charge in [-0.2, -0.15) is 0 Å². The molecule has 1 atom stereocenters. The monoisotopic (exact) mass is 434 g/mol. The van der Waals surface area contributed by atoms with Crippen LogP contribution in [0.2, 0.25) is 0 Å². The second kappa shape index (κ2) is 8.24. The van der Waals surface area contributed by atoms with Crippen LogP contribution in [-0.2, 0) is 19.3 Å². The van der Waals surface area contributed by atoms with E-state index in [0.717, 1.165) is 60.0 Å². The molecule has 2 aromatic heterocycles. The Labute approximate surface area is 193 Å². The van der Waals surface area contributed by atoms with Gasteiger partial charge in [-0.15, -0.1) is 0 Å². The highest BCUT2D eigenvalue weighted by atomic mass is 16.5. The van der Waals surface area contributed by atoms with Gasteiger partial charge in [-0.25, -0.2) is 9.97 Å². The molecule has 2 aliphatic heterocycles. The van der Waals surface area contributed by atoms with Crippen LogP contribution in [0.25, 0.3) is 11.3 Å². The Morgan fingerprint density at radius 3 is 2.85 bits per heavy atom. The van der Waals surface area contributed by atoms with Crippen LogP contribution >= 0.6 is 0 Å². The van der Waals surface area contributed by atoms with Crippen molar-refractivity contribution < 1.29 is 4.74 Å². The van der Waals surface area contributed by atoms with Gasteiger partial charge < -0.3 is 15.0 Å². The van der Waals surface area contributed by atoms with Crippen LogP contribution in [-0.4, -0.2) is 21.6 Å². The first kappa shape index (κ1) is 19.8. The van der Waals surface area contributed by atoms with Gasteiger partial charge in [-0.1, -0.05) is 49.0 Å². The van der Waals surface area contributed by atoms with Crippen LogP contribution in [0.1, 0.15) is 40.4 Å². The van der Waals surface area contributed by atoms with Gasteiger partial charge in [0.05, 0.1) is 24.4 Å². The Kier molecular flexibility index (Phi) is 4.95. The molecule has 0 saturated heterocycles. The van der Waals surface area contributed by atoms with Crippen molar-refractivity contribution >= 4 is 5.82 Å². The zero-order chi connectivity index (χ0) is 22.2. The molecule has 4 aromatic rings. The lowest BCUT2D eigenvalue weighted by Crippen LogP contribution is -2.20. The number of pyridine rings is 1. The van der Waals surface area contributed by atoms with Gasteiger partial charge in [0.1, 0.15) is 17.4 Å². The average molecular weight is 435 g/mol. The van der Waals surface area contributed by atoms with Crippen molar-refractivity contribution in [2.24, 2.45) is 0 Å². The van der Waals surface area contributed by atoms with Crippen molar-refractivity contribution in [3.05, 3.63) is 107 Å². The molecular weight excluding hydrogens is 408 g/mol. The van der Waals surface area contributed by atoms with Gasteiger partial charge in [-0.3, -0.25) is 0 Å².